The van der Waals surface area contributed by atoms with E-state index in [2.05, 4.69) is 15.9 Å². The third kappa shape index (κ3) is 3.29. The van der Waals surface area contributed by atoms with Crippen molar-refractivity contribution in [3.63, 3.8) is 0 Å². The van der Waals surface area contributed by atoms with Crippen molar-refractivity contribution in [2.24, 2.45) is 0 Å². The first-order valence-corrected chi connectivity index (χ1v) is 10.5. The predicted octanol–water partition coefficient (Wildman–Crippen LogP) is 4.91. The summed E-state index contributed by atoms with van der Waals surface area (Å²) in [6.45, 7) is 2.22. The van der Waals surface area contributed by atoms with Crippen molar-refractivity contribution in [3.05, 3.63) is 68.9 Å². The Morgan fingerprint density at radius 2 is 1.83 bits per heavy atom. The second-order valence-corrected chi connectivity index (χ2v) is 8.33. The van der Waals surface area contributed by atoms with Gasteiger partial charge in [-0.25, -0.2) is 0 Å². The molecule has 0 saturated carbocycles. The average molecular weight is 458 g/mol. The number of halogens is 1. The van der Waals surface area contributed by atoms with Gasteiger partial charge in [0.25, 0.3) is 5.91 Å². The van der Waals surface area contributed by atoms with E-state index in [0.29, 0.717) is 30.0 Å². The third-order valence-electron chi connectivity index (χ3n) is 5.97. The molecule has 2 aliphatic rings. The first-order chi connectivity index (χ1) is 14.0. The molecule has 4 rings (SSSR count). The summed E-state index contributed by atoms with van der Waals surface area (Å²) in [6, 6.07) is 11.8. The number of allylic oxidation sites excluding steroid dienone is 1. The fourth-order valence-electron chi connectivity index (χ4n) is 4.62. The van der Waals surface area contributed by atoms with E-state index in [1.54, 1.807) is 21.1 Å². The molecule has 1 amide bonds. The Balaban J connectivity index is 1.84. The van der Waals surface area contributed by atoms with E-state index in [-0.39, 0.29) is 23.6 Å². The highest BCUT2D eigenvalue weighted by Gasteiger charge is 2.43. The second-order valence-electron chi connectivity index (χ2n) is 7.48. The van der Waals surface area contributed by atoms with Crippen LogP contribution in [0.25, 0.3) is 0 Å². The average Bonchev–Trinajstić information content (AvgIpc) is 2.72. The largest absolute Gasteiger partial charge is 0.512 e. The molecule has 29 heavy (non-hydrogen) atoms. The minimum Gasteiger partial charge on any atom is -0.512 e. The summed E-state index contributed by atoms with van der Waals surface area (Å²) in [5, 5.41) is 10.4. The molecule has 0 unspecified atom stereocenters. The molecular weight excluding hydrogens is 434 g/mol. The molecule has 0 radical (unpaired) electrons. The summed E-state index contributed by atoms with van der Waals surface area (Å²) >= 11 is 3.62. The van der Waals surface area contributed by atoms with Crippen LogP contribution in [0.3, 0.4) is 0 Å². The van der Waals surface area contributed by atoms with Crippen LogP contribution in [-0.4, -0.2) is 36.7 Å². The maximum atomic E-state index is 13.4. The van der Waals surface area contributed by atoms with Crippen molar-refractivity contribution in [2.45, 2.75) is 31.7 Å². The van der Waals surface area contributed by atoms with Gasteiger partial charge in [-0.1, -0.05) is 34.1 Å². The highest BCUT2D eigenvalue weighted by atomic mass is 79.9. The Morgan fingerprint density at radius 3 is 2.48 bits per heavy atom. The molecule has 1 fully saturated rings. The van der Waals surface area contributed by atoms with E-state index in [9.17, 15) is 9.90 Å². The molecule has 0 aliphatic carbocycles. The van der Waals surface area contributed by atoms with Gasteiger partial charge in [-0.15, -0.1) is 0 Å². The zero-order valence-corrected chi connectivity index (χ0v) is 18.3. The van der Waals surface area contributed by atoms with Crippen LogP contribution in [0.5, 0.6) is 11.5 Å². The van der Waals surface area contributed by atoms with E-state index < -0.39 is 0 Å². The first-order valence-electron chi connectivity index (χ1n) is 9.66. The van der Waals surface area contributed by atoms with Gasteiger partial charge in [-0.2, -0.15) is 0 Å². The molecule has 152 valence electrons. The molecule has 1 saturated heterocycles. The zero-order chi connectivity index (χ0) is 20.7. The number of ether oxygens (including phenoxy) is 2. The number of hydrogen-bond acceptors (Lipinski definition) is 4. The Labute approximate surface area is 179 Å². The fourth-order valence-corrected chi connectivity index (χ4v) is 5.18. The Morgan fingerprint density at radius 1 is 1.14 bits per heavy atom. The first kappa shape index (κ1) is 19.8. The lowest BCUT2D eigenvalue weighted by Crippen LogP contribution is -2.46. The number of rotatable bonds is 3. The Kier molecular flexibility index (Phi) is 5.30. The third-order valence-corrected chi connectivity index (χ3v) is 6.69. The van der Waals surface area contributed by atoms with Gasteiger partial charge in [-0.05, 0) is 54.7 Å². The lowest BCUT2D eigenvalue weighted by atomic mass is 9.76. The number of fused-ring (bicyclic) bond motifs is 3. The SMILES string of the molecule is COc1cc2c(cc1OC)[C@@H]1C[C@@H](c3ccccc3Br)/C(=C(\C)O)C(=O)N1CC2. The van der Waals surface area contributed by atoms with Gasteiger partial charge in [0, 0.05) is 16.9 Å². The molecule has 6 heteroatoms. The van der Waals surface area contributed by atoms with Crippen molar-refractivity contribution >= 4 is 21.8 Å². The number of benzene rings is 2. The number of methoxy groups -OCH3 is 2. The van der Waals surface area contributed by atoms with Crippen LogP contribution < -0.4 is 9.47 Å². The summed E-state index contributed by atoms with van der Waals surface area (Å²) in [5.74, 6) is 1.17. The molecule has 5 nitrogen and oxygen atoms in total. The van der Waals surface area contributed by atoms with Crippen molar-refractivity contribution in [1.29, 1.82) is 0 Å². The summed E-state index contributed by atoms with van der Waals surface area (Å²) in [6.07, 6.45) is 1.44. The molecule has 2 atom stereocenters. The number of aliphatic hydroxyl groups excluding tert-OH is 1. The number of carbonyl (C=O) groups excluding carboxylic acids is 1. The fraction of sp³-hybridized carbons (Fsp3) is 0.348. The number of piperidine rings is 1. The van der Waals surface area contributed by atoms with Gasteiger partial charge in [0.15, 0.2) is 11.5 Å². The molecule has 2 aromatic carbocycles. The van der Waals surface area contributed by atoms with E-state index in [4.69, 9.17) is 9.47 Å². The number of nitrogens with zero attached hydrogens (tertiary/aromatic N) is 1. The smallest absolute Gasteiger partial charge is 0.254 e. The van der Waals surface area contributed by atoms with Gasteiger partial charge in [0.2, 0.25) is 0 Å². The van der Waals surface area contributed by atoms with Crippen molar-refractivity contribution in [1.82, 2.24) is 4.90 Å². The Bertz CT molecular complexity index is 996. The maximum Gasteiger partial charge on any atom is 0.254 e. The van der Waals surface area contributed by atoms with Crippen molar-refractivity contribution < 1.29 is 19.4 Å². The number of hydrogen-bond donors (Lipinski definition) is 1. The normalized spacial score (nSPS) is 22.6. The zero-order valence-electron chi connectivity index (χ0n) is 16.7. The lowest BCUT2D eigenvalue weighted by molar-refractivity contribution is -0.132. The van der Waals surface area contributed by atoms with E-state index in [0.717, 1.165) is 22.0 Å². The topological polar surface area (TPSA) is 59.0 Å². The van der Waals surface area contributed by atoms with Crippen LogP contribution >= 0.6 is 15.9 Å². The van der Waals surface area contributed by atoms with E-state index in [1.807, 2.05) is 41.3 Å². The lowest BCUT2D eigenvalue weighted by Gasteiger charge is -2.45. The van der Waals surface area contributed by atoms with Gasteiger partial charge < -0.3 is 19.5 Å². The summed E-state index contributed by atoms with van der Waals surface area (Å²) in [4.78, 5) is 15.3. The van der Waals surface area contributed by atoms with Crippen LogP contribution in [0.1, 0.15) is 42.0 Å². The molecular formula is C23H24BrNO4. The molecule has 1 N–H and O–H groups in total. The minimum atomic E-state index is -0.191. The van der Waals surface area contributed by atoms with Gasteiger partial charge in [-0.3, -0.25) is 4.79 Å². The van der Waals surface area contributed by atoms with Gasteiger partial charge >= 0.3 is 0 Å². The molecule has 0 spiro atoms. The molecule has 0 aromatic heterocycles. The van der Waals surface area contributed by atoms with Crippen molar-refractivity contribution in [3.8, 4) is 11.5 Å². The van der Waals surface area contributed by atoms with Crippen molar-refractivity contribution in [2.75, 3.05) is 20.8 Å². The number of amides is 1. The van der Waals surface area contributed by atoms with Crippen LogP contribution in [0.2, 0.25) is 0 Å². The quantitative estimate of drug-likeness (QED) is 0.525. The van der Waals surface area contributed by atoms with Crippen LogP contribution in [0, 0.1) is 0 Å². The predicted molar refractivity (Wildman–Crippen MR) is 115 cm³/mol. The summed E-state index contributed by atoms with van der Waals surface area (Å²) < 4.78 is 11.9. The molecule has 0 bridgehead atoms. The molecule has 2 aromatic rings. The van der Waals surface area contributed by atoms with Crippen LogP contribution in [0.4, 0.5) is 0 Å². The monoisotopic (exact) mass is 457 g/mol. The van der Waals surface area contributed by atoms with Gasteiger partial charge in [0.05, 0.1) is 31.6 Å². The highest BCUT2D eigenvalue weighted by molar-refractivity contribution is 9.10. The number of aliphatic hydroxyl groups is 1. The van der Waals surface area contributed by atoms with Gasteiger partial charge in [0.1, 0.15) is 0 Å². The Hall–Kier alpha value is -2.47. The van der Waals surface area contributed by atoms with E-state index >= 15 is 0 Å². The second kappa shape index (κ2) is 7.75. The summed E-state index contributed by atoms with van der Waals surface area (Å²) in [5.41, 5.74) is 3.76. The molecule has 2 heterocycles. The van der Waals surface area contributed by atoms with Crippen LogP contribution in [-0.2, 0) is 11.2 Å². The highest BCUT2D eigenvalue weighted by Crippen LogP contribution is 2.49. The van der Waals surface area contributed by atoms with Crippen LogP contribution in [0.15, 0.2) is 52.2 Å². The standard InChI is InChI=1S/C23H24BrNO4/c1-13(26)22-17(15-6-4-5-7-18(15)24)11-19-16-12-21(29-3)20(28-2)10-14(16)8-9-25(19)23(22)27/h4-7,10,12,17,19,26H,8-9,11H2,1-3H3/b22-13-/t17-,19-/m0/s1. The van der Waals surface area contributed by atoms with E-state index in [1.165, 1.54) is 5.56 Å². The minimum absolute atomic E-state index is 0.0775. The molecule has 2 aliphatic heterocycles. The summed E-state index contributed by atoms with van der Waals surface area (Å²) in [7, 11) is 3.25. The maximum absolute atomic E-state index is 13.4. The number of carbonyl (C=O) groups is 1.